The molecule has 0 fully saturated rings. The number of ether oxygens (including phenoxy) is 2. The molecule has 0 aromatic heterocycles. The maximum Gasteiger partial charge on any atom is 0.323 e. The number of benzene rings is 1. The number of carbonyl (C=O) groups excluding carboxylic acids is 2. The van der Waals surface area contributed by atoms with Crippen LogP contribution in [0.3, 0.4) is 0 Å². The Morgan fingerprint density at radius 2 is 1.67 bits per heavy atom. The zero-order valence-electron chi connectivity index (χ0n) is 14.5. The van der Waals surface area contributed by atoms with Crippen LogP contribution in [0.25, 0.3) is 6.08 Å². The van der Waals surface area contributed by atoms with Crippen LogP contribution in [0.5, 0.6) is 0 Å². The summed E-state index contributed by atoms with van der Waals surface area (Å²) in [4.78, 5) is 24.9. The Hall–Kier alpha value is -2.36. The summed E-state index contributed by atoms with van der Waals surface area (Å²) in [6.07, 6.45) is 6.56. The highest BCUT2D eigenvalue weighted by molar-refractivity contribution is 6.00. The van der Waals surface area contributed by atoms with Crippen LogP contribution in [0.4, 0.5) is 0 Å². The lowest BCUT2D eigenvalue weighted by Crippen LogP contribution is -2.41. The monoisotopic (exact) mass is 330 g/mol. The van der Waals surface area contributed by atoms with Crippen molar-refractivity contribution < 1.29 is 19.1 Å². The van der Waals surface area contributed by atoms with Crippen molar-refractivity contribution >= 4 is 18.0 Å². The van der Waals surface area contributed by atoms with Crippen LogP contribution >= 0.6 is 0 Å². The smallest absolute Gasteiger partial charge is 0.323 e. The van der Waals surface area contributed by atoms with Gasteiger partial charge in [-0.2, -0.15) is 0 Å². The van der Waals surface area contributed by atoms with E-state index in [1.54, 1.807) is 19.9 Å². The van der Waals surface area contributed by atoms with Crippen molar-refractivity contribution in [3.63, 3.8) is 0 Å². The third-order valence-electron chi connectivity index (χ3n) is 3.67. The highest BCUT2D eigenvalue weighted by Crippen LogP contribution is 2.33. The first-order valence-corrected chi connectivity index (χ1v) is 8.27. The highest BCUT2D eigenvalue weighted by atomic mass is 16.6. The maximum atomic E-state index is 12.4. The molecule has 0 bridgehead atoms. The van der Waals surface area contributed by atoms with Crippen LogP contribution in [0, 0.1) is 5.41 Å². The van der Waals surface area contributed by atoms with Gasteiger partial charge >= 0.3 is 11.9 Å². The van der Waals surface area contributed by atoms with Gasteiger partial charge in [-0.15, -0.1) is 6.58 Å². The summed E-state index contributed by atoms with van der Waals surface area (Å²) >= 11 is 0. The Balaban J connectivity index is 2.90. The molecule has 0 heterocycles. The average Bonchev–Trinajstić information content (AvgIpc) is 2.59. The molecule has 0 unspecified atom stereocenters. The summed E-state index contributed by atoms with van der Waals surface area (Å²) in [6, 6.07) is 9.85. The molecule has 0 amide bonds. The molecule has 0 aliphatic rings. The SMILES string of the molecule is C=CCC(CC/C=C/c1ccccc1)(C(=O)OCC)C(=O)OCC. The minimum atomic E-state index is -1.32. The van der Waals surface area contributed by atoms with Gasteiger partial charge in [-0.3, -0.25) is 9.59 Å². The van der Waals surface area contributed by atoms with Crippen molar-refractivity contribution in [1.29, 1.82) is 0 Å². The molecule has 0 atom stereocenters. The highest BCUT2D eigenvalue weighted by Gasteiger charge is 2.47. The summed E-state index contributed by atoms with van der Waals surface area (Å²) in [7, 11) is 0. The van der Waals surface area contributed by atoms with E-state index in [-0.39, 0.29) is 19.6 Å². The van der Waals surface area contributed by atoms with Gasteiger partial charge in [0.1, 0.15) is 0 Å². The van der Waals surface area contributed by atoms with Gasteiger partial charge in [0, 0.05) is 0 Å². The summed E-state index contributed by atoms with van der Waals surface area (Å²) < 4.78 is 10.3. The van der Waals surface area contributed by atoms with Crippen molar-refractivity contribution in [2.75, 3.05) is 13.2 Å². The second-order valence-corrected chi connectivity index (χ2v) is 5.37. The summed E-state index contributed by atoms with van der Waals surface area (Å²) in [6.45, 7) is 7.55. The molecule has 0 radical (unpaired) electrons. The summed E-state index contributed by atoms with van der Waals surface area (Å²) in [5, 5.41) is 0. The van der Waals surface area contributed by atoms with Crippen LogP contribution in [0.15, 0.2) is 49.1 Å². The Morgan fingerprint density at radius 1 is 1.08 bits per heavy atom. The fourth-order valence-electron chi connectivity index (χ4n) is 2.45. The van der Waals surface area contributed by atoms with Crippen molar-refractivity contribution in [1.82, 2.24) is 0 Å². The van der Waals surface area contributed by atoms with Gasteiger partial charge in [-0.25, -0.2) is 0 Å². The maximum absolute atomic E-state index is 12.4. The Labute approximate surface area is 144 Å². The lowest BCUT2D eigenvalue weighted by atomic mass is 9.79. The van der Waals surface area contributed by atoms with E-state index < -0.39 is 17.4 Å². The minimum Gasteiger partial charge on any atom is -0.465 e. The van der Waals surface area contributed by atoms with Crippen LogP contribution in [-0.2, 0) is 19.1 Å². The molecule has 1 aromatic carbocycles. The second-order valence-electron chi connectivity index (χ2n) is 5.37. The quantitative estimate of drug-likeness (QED) is 0.367. The molecule has 0 N–H and O–H groups in total. The fourth-order valence-corrected chi connectivity index (χ4v) is 2.45. The van der Waals surface area contributed by atoms with Gasteiger partial charge in [0.2, 0.25) is 0 Å². The van der Waals surface area contributed by atoms with Crippen LogP contribution in [0.1, 0.15) is 38.7 Å². The van der Waals surface area contributed by atoms with E-state index >= 15 is 0 Å². The van der Waals surface area contributed by atoms with Gasteiger partial charge in [0.15, 0.2) is 5.41 Å². The normalized spacial score (nSPS) is 11.2. The molecule has 0 aliphatic heterocycles. The zero-order chi connectivity index (χ0) is 17.8. The lowest BCUT2D eigenvalue weighted by molar-refractivity contribution is -0.172. The van der Waals surface area contributed by atoms with E-state index in [4.69, 9.17) is 9.47 Å². The van der Waals surface area contributed by atoms with Gasteiger partial charge in [0.25, 0.3) is 0 Å². The van der Waals surface area contributed by atoms with Gasteiger partial charge in [-0.1, -0.05) is 48.6 Å². The lowest BCUT2D eigenvalue weighted by Gasteiger charge is -2.27. The topological polar surface area (TPSA) is 52.6 Å². The Kier molecular flexibility index (Phi) is 8.55. The number of hydrogen-bond acceptors (Lipinski definition) is 4. The standard InChI is InChI=1S/C20H26O4/c1-4-15-20(18(21)23-5-2,19(22)24-6-3)16-11-10-14-17-12-8-7-9-13-17/h4,7-10,12-14H,1,5-6,11,15-16H2,2-3H3/b14-10+. The fraction of sp³-hybridized carbons (Fsp3) is 0.400. The molecule has 1 rings (SSSR count). The van der Waals surface area contributed by atoms with E-state index in [0.717, 1.165) is 5.56 Å². The Morgan fingerprint density at radius 3 is 2.17 bits per heavy atom. The largest absolute Gasteiger partial charge is 0.465 e. The average molecular weight is 330 g/mol. The first-order chi connectivity index (χ1) is 11.6. The number of rotatable bonds is 10. The molecule has 1 aromatic rings. The molecule has 4 heteroatoms. The van der Waals surface area contributed by atoms with Gasteiger partial charge in [-0.05, 0) is 38.7 Å². The van der Waals surface area contributed by atoms with E-state index in [1.807, 2.05) is 42.5 Å². The van der Waals surface area contributed by atoms with E-state index in [9.17, 15) is 9.59 Å². The van der Waals surface area contributed by atoms with Crippen molar-refractivity contribution in [2.45, 2.75) is 33.1 Å². The number of carbonyl (C=O) groups is 2. The van der Waals surface area contributed by atoms with Crippen LogP contribution in [-0.4, -0.2) is 25.2 Å². The number of hydrogen-bond donors (Lipinski definition) is 0. The second kappa shape index (κ2) is 10.4. The molecule has 130 valence electrons. The molecule has 0 aliphatic carbocycles. The van der Waals surface area contributed by atoms with Crippen LogP contribution < -0.4 is 0 Å². The molecular formula is C20H26O4. The molecule has 0 saturated carbocycles. The molecule has 0 spiro atoms. The third kappa shape index (κ3) is 5.37. The van der Waals surface area contributed by atoms with Crippen molar-refractivity contribution in [3.8, 4) is 0 Å². The summed E-state index contributed by atoms with van der Waals surface area (Å²) in [5.41, 5.74) is -0.256. The Bertz CT molecular complexity index is 542. The molecule has 24 heavy (non-hydrogen) atoms. The zero-order valence-corrected chi connectivity index (χ0v) is 14.5. The van der Waals surface area contributed by atoms with E-state index in [2.05, 4.69) is 6.58 Å². The molecule has 0 saturated heterocycles. The molecule has 4 nitrogen and oxygen atoms in total. The van der Waals surface area contributed by atoms with Crippen molar-refractivity contribution in [3.05, 3.63) is 54.6 Å². The van der Waals surface area contributed by atoms with Crippen LogP contribution in [0.2, 0.25) is 0 Å². The first-order valence-electron chi connectivity index (χ1n) is 8.27. The number of esters is 2. The summed E-state index contributed by atoms with van der Waals surface area (Å²) in [5.74, 6) is -1.09. The molecular weight excluding hydrogens is 304 g/mol. The minimum absolute atomic E-state index is 0.198. The van der Waals surface area contributed by atoms with Gasteiger partial charge < -0.3 is 9.47 Å². The first kappa shape index (κ1) is 19.7. The predicted octanol–water partition coefficient (Wildman–Crippen LogP) is 4.17. The van der Waals surface area contributed by atoms with E-state index in [1.165, 1.54) is 0 Å². The van der Waals surface area contributed by atoms with Crippen molar-refractivity contribution in [2.24, 2.45) is 5.41 Å². The predicted molar refractivity (Wildman–Crippen MR) is 95.2 cm³/mol. The van der Waals surface area contributed by atoms with E-state index in [0.29, 0.717) is 12.8 Å². The third-order valence-corrected chi connectivity index (χ3v) is 3.67. The van der Waals surface area contributed by atoms with Gasteiger partial charge in [0.05, 0.1) is 13.2 Å². The number of allylic oxidation sites excluding steroid dienone is 2.